The normalized spacial score (nSPS) is 18.3. The maximum Gasteiger partial charge on any atom is 0.350 e. The second-order valence-corrected chi connectivity index (χ2v) is 1.53. The van der Waals surface area contributed by atoms with Crippen LogP contribution in [0.2, 0.25) is 0 Å². The molecule has 2 amide bonds. The maximum absolute atomic E-state index is 10.4. The molecule has 1 heterocycles. The summed E-state index contributed by atoms with van der Waals surface area (Å²) in [4.78, 5) is 10.4. The number of urea groups is 1. The Balaban J connectivity index is 2.39. The number of carbonyl (C=O) groups is 1. The van der Waals surface area contributed by atoms with Crippen molar-refractivity contribution in [2.75, 3.05) is 0 Å². The van der Waals surface area contributed by atoms with Crippen LogP contribution in [0.4, 0.5) is 4.79 Å². The molecule has 9 heavy (non-hydrogen) atoms. The first-order valence-corrected chi connectivity index (χ1v) is 2.57. The van der Waals surface area contributed by atoms with Crippen LogP contribution in [-0.2, 0) is 0 Å². The highest BCUT2D eigenvalue weighted by Crippen LogP contribution is 1.81. The zero-order chi connectivity index (χ0) is 6.69. The van der Waals surface area contributed by atoms with Crippen molar-refractivity contribution < 1.29 is 4.79 Å². The van der Waals surface area contributed by atoms with Gasteiger partial charge >= 0.3 is 6.03 Å². The summed E-state index contributed by atoms with van der Waals surface area (Å²) >= 11 is 0. The predicted octanol–water partition coefficient (Wildman–Crippen LogP) is -0.531. The number of rotatable bonds is 1. The fourth-order valence-electron chi connectivity index (χ4n) is 0.500. The van der Waals surface area contributed by atoms with Crippen molar-refractivity contribution in [2.24, 2.45) is 0 Å². The van der Waals surface area contributed by atoms with Crippen LogP contribution in [0.5, 0.6) is 0 Å². The van der Waals surface area contributed by atoms with Crippen LogP contribution in [0, 0.1) is 0 Å². The summed E-state index contributed by atoms with van der Waals surface area (Å²) in [6, 6.07) is -0.256. The van der Waals surface area contributed by atoms with Gasteiger partial charge in [0.25, 0.3) is 0 Å². The van der Waals surface area contributed by atoms with E-state index in [1.54, 1.807) is 12.3 Å². The molecule has 1 rings (SSSR count). The Hall–Kier alpha value is -1.23. The van der Waals surface area contributed by atoms with Crippen molar-refractivity contribution in [2.45, 2.75) is 6.92 Å². The molecule has 5 heteroatoms. The van der Waals surface area contributed by atoms with E-state index in [0.29, 0.717) is 0 Å². The van der Waals surface area contributed by atoms with Crippen LogP contribution >= 0.6 is 0 Å². The molecule has 0 atom stereocenters. The second kappa shape index (κ2) is 2.36. The van der Waals surface area contributed by atoms with Crippen LogP contribution in [0.15, 0.2) is 12.3 Å². The molecule has 1 saturated heterocycles. The first kappa shape index (κ1) is 5.90. The highest BCUT2D eigenvalue weighted by Gasteiger charge is 2.10. The van der Waals surface area contributed by atoms with Crippen LogP contribution < -0.4 is 16.4 Å². The quantitative estimate of drug-likeness (QED) is 0.445. The van der Waals surface area contributed by atoms with Crippen LogP contribution in [0.3, 0.4) is 0 Å². The van der Waals surface area contributed by atoms with Crippen LogP contribution in [-0.4, -0.2) is 11.1 Å². The minimum atomic E-state index is -0.256. The molecule has 0 saturated carbocycles. The number of amides is 2. The number of carbonyl (C=O) groups excluding carboxylic acids is 1. The fraction of sp³-hybridized carbons (Fsp3) is 0.250. The third-order valence-electron chi connectivity index (χ3n) is 0.810. The molecule has 0 bridgehead atoms. The molecular weight excluding hydrogens is 120 g/mol. The van der Waals surface area contributed by atoms with E-state index in [1.165, 1.54) is 5.12 Å². The number of hydrazine groups is 3. The molecule has 0 spiro atoms. The lowest BCUT2D eigenvalue weighted by Gasteiger charge is -2.06. The molecule has 0 unspecified atom stereocenters. The van der Waals surface area contributed by atoms with Crippen molar-refractivity contribution in [1.29, 1.82) is 0 Å². The Labute approximate surface area is 52.6 Å². The van der Waals surface area contributed by atoms with E-state index in [-0.39, 0.29) is 6.03 Å². The van der Waals surface area contributed by atoms with Gasteiger partial charge in [-0.05, 0) is 6.92 Å². The highest BCUT2D eigenvalue weighted by atomic mass is 16.2. The zero-order valence-electron chi connectivity index (χ0n) is 5.01. The van der Waals surface area contributed by atoms with E-state index in [4.69, 9.17) is 0 Å². The molecule has 1 aliphatic heterocycles. The summed E-state index contributed by atoms with van der Waals surface area (Å²) in [5, 5.41) is 1.42. The standard InChI is InChI=1S/C4H8N4O/c1-2-3-8-6-4(9)5-7-8/h2-3,7H,1H3,(H2,5,6,9)/b3-2-. The molecule has 1 fully saturated rings. The summed E-state index contributed by atoms with van der Waals surface area (Å²) in [5.41, 5.74) is 7.31. The molecule has 0 aromatic heterocycles. The number of nitrogens with one attached hydrogen (secondary N) is 3. The average molecular weight is 128 g/mol. The van der Waals surface area contributed by atoms with Gasteiger partial charge in [0, 0.05) is 6.20 Å². The number of nitrogens with zero attached hydrogens (tertiary/aromatic N) is 1. The average Bonchev–Trinajstić information content (AvgIpc) is 2.17. The lowest BCUT2D eigenvalue weighted by molar-refractivity contribution is 0.233. The monoisotopic (exact) mass is 128 g/mol. The number of hydrogen-bond donors (Lipinski definition) is 3. The molecule has 50 valence electrons. The molecular formula is C4H8N4O. The SMILES string of the molecule is C/C=C\N1NNC(=O)N1. The van der Waals surface area contributed by atoms with Gasteiger partial charge in [-0.1, -0.05) is 6.08 Å². The highest BCUT2D eigenvalue weighted by molar-refractivity contribution is 5.74. The lowest BCUT2D eigenvalue weighted by atomic mass is 10.7. The zero-order valence-corrected chi connectivity index (χ0v) is 5.01. The first-order chi connectivity index (χ1) is 4.33. The van der Waals surface area contributed by atoms with Gasteiger partial charge in [0.2, 0.25) is 0 Å². The molecule has 0 aliphatic carbocycles. The van der Waals surface area contributed by atoms with Gasteiger partial charge in [0.1, 0.15) is 0 Å². The van der Waals surface area contributed by atoms with Crippen LogP contribution in [0.25, 0.3) is 0 Å². The van der Waals surface area contributed by atoms with E-state index in [2.05, 4.69) is 16.4 Å². The van der Waals surface area contributed by atoms with Gasteiger partial charge < -0.3 is 0 Å². The predicted molar refractivity (Wildman–Crippen MR) is 31.5 cm³/mol. The lowest BCUT2D eigenvalue weighted by Crippen LogP contribution is -2.35. The van der Waals surface area contributed by atoms with E-state index < -0.39 is 0 Å². The Bertz CT molecular complexity index is 144. The largest absolute Gasteiger partial charge is 0.350 e. The maximum atomic E-state index is 10.4. The molecule has 0 aromatic rings. The van der Waals surface area contributed by atoms with Crippen molar-refractivity contribution in [3.8, 4) is 0 Å². The van der Waals surface area contributed by atoms with Crippen molar-refractivity contribution >= 4 is 6.03 Å². The summed E-state index contributed by atoms with van der Waals surface area (Å²) in [6.45, 7) is 1.85. The number of hydrogen-bond acceptors (Lipinski definition) is 3. The van der Waals surface area contributed by atoms with E-state index in [9.17, 15) is 4.79 Å². The topological polar surface area (TPSA) is 56.4 Å². The van der Waals surface area contributed by atoms with E-state index in [1.807, 2.05) is 6.92 Å². The number of allylic oxidation sites excluding steroid dienone is 1. The van der Waals surface area contributed by atoms with Gasteiger partial charge in [0.15, 0.2) is 0 Å². The van der Waals surface area contributed by atoms with Crippen molar-refractivity contribution in [3.05, 3.63) is 12.3 Å². The third kappa shape index (κ3) is 1.33. The molecule has 5 nitrogen and oxygen atoms in total. The van der Waals surface area contributed by atoms with E-state index >= 15 is 0 Å². The van der Waals surface area contributed by atoms with Gasteiger partial charge in [-0.25, -0.2) is 15.3 Å². The summed E-state index contributed by atoms with van der Waals surface area (Å²) in [6.07, 6.45) is 3.47. The Morgan fingerprint density at radius 1 is 1.67 bits per heavy atom. The molecule has 0 aromatic carbocycles. The third-order valence-corrected chi connectivity index (χ3v) is 0.810. The van der Waals surface area contributed by atoms with Crippen LogP contribution in [0.1, 0.15) is 6.92 Å². The molecule has 0 radical (unpaired) electrons. The summed E-state index contributed by atoms with van der Waals surface area (Å²) < 4.78 is 0. The Morgan fingerprint density at radius 2 is 2.44 bits per heavy atom. The first-order valence-electron chi connectivity index (χ1n) is 2.57. The summed E-state index contributed by atoms with van der Waals surface area (Å²) in [5.74, 6) is 0. The van der Waals surface area contributed by atoms with Gasteiger partial charge in [-0.15, -0.1) is 5.53 Å². The molecule has 3 N–H and O–H groups in total. The smallest absolute Gasteiger partial charge is 0.252 e. The second-order valence-electron chi connectivity index (χ2n) is 1.53. The van der Waals surface area contributed by atoms with Crippen molar-refractivity contribution in [3.63, 3.8) is 0 Å². The Kier molecular flexibility index (Phi) is 1.55. The molecule has 1 aliphatic rings. The Morgan fingerprint density at radius 3 is 2.89 bits per heavy atom. The fourth-order valence-corrected chi connectivity index (χ4v) is 0.500. The van der Waals surface area contributed by atoms with Gasteiger partial charge in [-0.2, -0.15) is 0 Å². The minimum Gasteiger partial charge on any atom is -0.252 e. The van der Waals surface area contributed by atoms with Gasteiger partial charge in [-0.3, -0.25) is 5.43 Å². The van der Waals surface area contributed by atoms with E-state index in [0.717, 1.165) is 0 Å². The summed E-state index contributed by atoms with van der Waals surface area (Å²) in [7, 11) is 0. The minimum absolute atomic E-state index is 0.256. The van der Waals surface area contributed by atoms with Crippen molar-refractivity contribution in [1.82, 2.24) is 21.5 Å². The van der Waals surface area contributed by atoms with Gasteiger partial charge in [0.05, 0.1) is 0 Å².